The van der Waals surface area contributed by atoms with E-state index in [1.807, 2.05) is 26.0 Å². The number of amides is 1. The molecule has 0 bridgehead atoms. The van der Waals surface area contributed by atoms with E-state index in [-0.39, 0.29) is 17.6 Å². The molecule has 2 aromatic carbocycles. The Balaban J connectivity index is 1.64. The van der Waals surface area contributed by atoms with Crippen LogP contribution in [0.2, 0.25) is 0 Å². The molecule has 1 aliphatic rings. The lowest BCUT2D eigenvalue weighted by Gasteiger charge is -2.32. The number of nitrogens with one attached hydrogen (secondary N) is 1. The fourth-order valence-electron chi connectivity index (χ4n) is 3.86. The number of halogens is 1. The minimum Gasteiger partial charge on any atom is -0.325 e. The summed E-state index contributed by atoms with van der Waals surface area (Å²) < 4.78 is 13.1. The van der Waals surface area contributed by atoms with Crippen molar-refractivity contribution in [2.24, 2.45) is 5.92 Å². The Morgan fingerprint density at radius 2 is 1.81 bits per heavy atom. The van der Waals surface area contributed by atoms with E-state index >= 15 is 0 Å². The van der Waals surface area contributed by atoms with Gasteiger partial charge in [-0.2, -0.15) is 0 Å². The fourth-order valence-corrected chi connectivity index (χ4v) is 3.86. The van der Waals surface area contributed by atoms with Crippen LogP contribution in [-0.2, 0) is 11.3 Å². The van der Waals surface area contributed by atoms with Crippen LogP contribution < -0.4 is 5.32 Å². The molecule has 1 fully saturated rings. The summed E-state index contributed by atoms with van der Waals surface area (Å²) in [4.78, 5) is 15.1. The number of aryl methyl sites for hydroxylation is 3. The first-order valence-electron chi connectivity index (χ1n) is 9.28. The SMILES string of the molecule is Cc1cc(C)c(NC(=O)[C@H]2CCCN(Cc3ccc(F)cc3)C2)c(C)c1. The molecular formula is C22H27FN2O. The van der Waals surface area contributed by atoms with Crippen molar-refractivity contribution < 1.29 is 9.18 Å². The maximum atomic E-state index is 13.1. The van der Waals surface area contributed by atoms with Crippen LogP contribution >= 0.6 is 0 Å². The number of hydrogen-bond acceptors (Lipinski definition) is 2. The molecule has 26 heavy (non-hydrogen) atoms. The van der Waals surface area contributed by atoms with Gasteiger partial charge in [-0.1, -0.05) is 29.8 Å². The van der Waals surface area contributed by atoms with E-state index in [0.29, 0.717) is 0 Å². The second-order valence-electron chi connectivity index (χ2n) is 7.46. The largest absolute Gasteiger partial charge is 0.325 e. The molecule has 1 amide bonds. The van der Waals surface area contributed by atoms with Gasteiger partial charge in [0.15, 0.2) is 0 Å². The topological polar surface area (TPSA) is 32.3 Å². The summed E-state index contributed by atoms with van der Waals surface area (Å²) in [6.45, 7) is 8.62. The number of carbonyl (C=O) groups excluding carboxylic acids is 1. The van der Waals surface area contributed by atoms with Crippen LogP contribution in [0.4, 0.5) is 10.1 Å². The highest BCUT2D eigenvalue weighted by molar-refractivity contribution is 5.94. The van der Waals surface area contributed by atoms with Gasteiger partial charge in [-0.3, -0.25) is 9.69 Å². The summed E-state index contributed by atoms with van der Waals surface area (Å²) in [5.74, 6) is -0.123. The first-order valence-corrected chi connectivity index (χ1v) is 9.28. The van der Waals surface area contributed by atoms with Crippen molar-refractivity contribution in [1.29, 1.82) is 0 Å². The third-order valence-electron chi connectivity index (χ3n) is 5.12. The summed E-state index contributed by atoms with van der Waals surface area (Å²) in [6.07, 6.45) is 1.92. The molecule has 0 saturated carbocycles. The molecule has 0 spiro atoms. The Kier molecular flexibility index (Phi) is 5.72. The maximum Gasteiger partial charge on any atom is 0.228 e. The predicted octanol–water partition coefficient (Wildman–Crippen LogP) is 4.60. The molecule has 0 unspecified atom stereocenters. The molecule has 3 rings (SSSR count). The van der Waals surface area contributed by atoms with Crippen LogP contribution in [0.3, 0.4) is 0 Å². The van der Waals surface area contributed by atoms with Gasteiger partial charge in [-0.25, -0.2) is 4.39 Å². The number of benzene rings is 2. The second kappa shape index (κ2) is 8.00. The summed E-state index contributed by atoms with van der Waals surface area (Å²) in [6, 6.07) is 10.8. The lowest BCUT2D eigenvalue weighted by Crippen LogP contribution is -2.40. The van der Waals surface area contributed by atoms with Crippen molar-refractivity contribution in [2.45, 2.75) is 40.2 Å². The number of nitrogens with zero attached hydrogens (tertiary/aromatic N) is 1. The van der Waals surface area contributed by atoms with Gasteiger partial charge in [0.2, 0.25) is 5.91 Å². The molecule has 0 aromatic heterocycles. The molecule has 0 aliphatic carbocycles. The Morgan fingerprint density at radius 3 is 2.46 bits per heavy atom. The van der Waals surface area contributed by atoms with E-state index in [1.165, 1.54) is 17.7 Å². The molecule has 4 heteroatoms. The quantitative estimate of drug-likeness (QED) is 0.870. The van der Waals surface area contributed by atoms with Crippen molar-refractivity contribution in [3.05, 3.63) is 64.5 Å². The van der Waals surface area contributed by atoms with Gasteiger partial charge in [0.25, 0.3) is 0 Å². The van der Waals surface area contributed by atoms with E-state index in [0.717, 1.165) is 54.9 Å². The van der Waals surface area contributed by atoms with Crippen molar-refractivity contribution >= 4 is 11.6 Å². The van der Waals surface area contributed by atoms with Gasteiger partial charge in [0, 0.05) is 18.8 Å². The van der Waals surface area contributed by atoms with Crippen LogP contribution in [0.15, 0.2) is 36.4 Å². The number of piperidine rings is 1. The van der Waals surface area contributed by atoms with Crippen molar-refractivity contribution in [3.63, 3.8) is 0 Å². The van der Waals surface area contributed by atoms with E-state index in [2.05, 4.69) is 29.3 Å². The highest BCUT2D eigenvalue weighted by Crippen LogP contribution is 2.25. The molecule has 138 valence electrons. The summed E-state index contributed by atoms with van der Waals surface area (Å²) >= 11 is 0. The van der Waals surface area contributed by atoms with Gasteiger partial charge >= 0.3 is 0 Å². The first-order chi connectivity index (χ1) is 12.4. The lowest BCUT2D eigenvalue weighted by molar-refractivity contribution is -0.121. The Hall–Kier alpha value is -2.20. The Bertz CT molecular complexity index is 762. The average Bonchev–Trinajstić information content (AvgIpc) is 2.60. The zero-order chi connectivity index (χ0) is 18.7. The van der Waals surface area contributed by atoms with Crippen LogP contribution in [0.5, 0.6) is 0 Å². The summed E-state index contributed by atoms with van der Waals surface area (Å²) in [5.41, 5.74) is 5.44. The summed E-state index contributed by atoms with van der Waals surface area (Å²) in [5, 5.41) is 3.15. The molecule has 2 aromatic rings. The zero-order valence-corrected chi connectivity index (χ0v) is 15.8. The van der Waals surface area contributed by atoms with Gasteiger partial charge < -0.3 is 5.32 Å². The van der Waals surface area contributed by atoms with Crippen molar-refractivity contribution in [3.8, 4) is 0 Å². The third kappa shape index (κ3) is 4.50. The Labute approximate surface area is 155 Å². The number of rotatable bonds is 4. The second-order valence-corrected chi connectivity index (χ2v) is 7.46. The minimum absolute atomic E-state index is 0.00991. The molecule has 1 saturated heterocycles. The summed E-state index contributed by atoms with van der Waals surface area (Å²) in [7, 11) is 0. The number of carbonyl (C=O) groups is 1. The fraction of sp³-hybridized carbons (Fsp3) is 0.409. The van der Waals surface area contributed by atoms with Crippen LogP contribution in [0, 0.1) is 32.5 Å². The van der Waals surface area contributed by atoms with Gasteiger partial charge in [-0.15, -0.1) is 0 Å². The maximum absolute atomic E-state index is 13.1. The van der Waals surface area contributed by atoms with Crippen molar-refractivity contribution in [2.75, 3.05) is 18.4 Å². The van der Waals surface area contributed by atoms with E-state index in [9.17, 15) is 9.18 Å². The molecule has 1 heterocycles. The van der Waals surface area contributed by atoms with E-state index < -0.39 is 0 Å². The molecule has 0 radical (unpaired) electrons. The van der Waals surface area contributed by atoms with E-state index in [1.54, 1.807) is 0 Å². The third-order valence-corrected chi connectivity index (χ3v) is 5.12. The number of anilines is 1. The van der Waals surface area contributed by atoms with Crippen LogP contribution in [0.1, 0.15) is 35.1 Å². The van der Waals surface area contributed by atoms with Gasteiger partial charge in [-0.05, 0) is 69.0 Å². The van der Waals surface area contributed by atoms with Gasteiger partial charge in [0.05, 0.1) is 5.92 Å². The lowest BCUT2D eigenvalue weighted by atomic mass is 9.96. The molecule has 3 nitrogen and oxygen atoms in total. The number of hydrogen-bond donors (Lipinski definition) is 1. The highest BCUT2D eigenvalue weighted by atomic mass is 19.1. The molecule has 1 aliphatic heterocycles. The highest BCUT2D eigenvalue weighted by Gasteiger charge is 2.26. The monoisotopic (exact) mass is 354 g/mol. The first kappa shape index (κ1) is 18.6. The van der Waals surface area contributed by atoms with Crippen LogP contribution in [-0.4, -0.2) is 23.9 Å². The van der Waals surface area contributed by atoms with Gasteiger partial charge in [0.1, 0.15) is 5.82 Å². The smallest absolute Gasteiger partial charge is 0.228 e. The van der Waals surface area contributed by atoms with Crippen molar-refractivity contribution in [1.82, 2.24) is 4.90 Å². The standard InChI is InChI=1S/C22H27FN2O/c1-15-11-16(2)21(17(3)12-15)24-22(26)19-5-4-10-25(14-19)13-18-6-8-20(23)9-7-18/h6-9,11-12,19H,4-5,10,13-14H2,1-3H3,(H,24,26)/t19-/m0/s1. The molecule has 1 atom stereocenters. The number of likely N-dealkylation sites (tertiary alicyclic amines) is 1. The average molecular weight is 354 g/mol. The zero-order valence-electron chi connectivity index (χ0n) is 15.8. The normalized spacial score (nSPS) is 17.9. The predicted molar refractivity (Wildman–Crippen MR) is 104 cm³/mol. The van der Waals surface area contributed by atoms with Crippen LogP contribution in [0.25, 0.3) is 0 Å². The molecular weight excluding hydrogens is 327 g/mol. The molecule has 1 N–H and O–H groups in total. The van der Waals surface area contributed by atoms with E-state index in [4.69, 9.17) is 0 Å². The Morgan fingerprint density at radius 1 is 1.15 bits per heavy atom. The minimum atomic E-state index is -0.214.